The van der Waals surface area contributed by atoms with E-state index in [2.05, 4.69) is 0 Å². The molecule has 91 valence electrons. The molecule has 0 aliphatic rings. The molecule has 0 atom stereocenters. The van der Waals surface area contributed by atoms with E-state index in [1.807, 2.05) is 33.8 Å². The third kappa shape index (κ3) is 5.25. The van der Waals surface area contributed by atoms with Crippen LogP contribution in [0.3, 0.4) is 0 Å². The van der Waals surface area contributed by atoms with Crippen LogP contribution in [0.2, 0.25) is 0 Å². The molecule has 0 aromatic heterocycles. The first-order valence-electron chi connectivity index (χ1n) is 5.47. The zero-order valence-corrected chi connectivity index (χ0v) is 11.9. The normalized spacial score (nSPS) is 10.0. The monoisotopic (exact) mass is 249 g/mol. The van der Waals surface area contributed by atoms with Crippen LogP contribution in [0.1, 0.15) is 38.1 Å². The molecule has 0 bridgehead atoms. The van der Waals surface area contributed by atoms with Gasteiger partial charge in [0.05, 0.1) is 12.2 Å². The molecular weight excluding hydrogens is 231 g/mol. The van der Waals surface area contributed by atoms with Gasteiger partial charge >= 0.3 is 5.97 Å². The van der Waals surface area contributed by atoms with Gasteiger partial charge in [-0.25, -0.2) is 4.79 Å². The minimum Gasteiger partial charge on any atom is -0.490 e. The summed E-state index contributed by atoms with van der Waals surface area (Å²) in [5.74, 6) is 0.231. The Labute approximate surface area is 113 Å². The van der Waals surface area contributed by atoms with Crippen LogP contribution in [0, 0.1) is 0 Å². The van der Waals surface area contributed by atoms with Gasteiger partial charge in [0.25, 0.3) is 0 Å². The van der Waals surface area contributed by atoms with E-state index in [4.69, 9.17) is 9.47 Å². The molecule has 0 aliphatic carbocycles. The number of esters is 1. The maximum atomic E-state index is 11.8. The first-order chi connectivity index (χ1) is 7.50. The highest BCUT2D eigenvalue weighted by Gasteiger charge is 2.15. The van der Waals surface area contributed by atoms with Crippen LogP contribution >= 0.6 is 0 Å². The Morgan fingerprint density at radius 3 is 2.18 bits per heavy atom. The Morgan fingerprint density at radius 1 is 1.06 bits per heavy atom. The van der Waals surface area contributed by atoms with E-state index in [0.717, 1.165) is 0 Å². The summed E-state index contributed by atoms with van der Waals surface area (Å²) in [5, 5.41) is 0. The van der Waals surface area contributed by atoms with E-state index in [9.17, 15) is 4.79 Å². The standard InChI is InChI=1S/C13H18O3.Al/c1-9(2)15-12-8-6-5-7-11(12)13(14)16-10(3)4;/h5-10H,1-4H3;. The molecule has 1 rings (SSSR count). The zero-order valence-electron chi connectivity index (χ0n) is 10.8. The molecule has 0 amide bonds. The van der Waals surface area contributed by atoms with Gasteiger partial charge in [0.2, 0.25) is 0 Å². The molecule has 1 aromatic rings. The highest BCUT2D eigenvalue weighted by Crippen LogP contribution is 2.20. The van der Waals surface area contributed by atoms with Gasteiger partial charge in [-0.1, -0.05) is 12.1 Å². The Hall–Kier alpha value is -0.978. The molecule has 3 nitrogen and oxygen atoms in total. The fourth-order valence-electron chi connectivity index (χ4n) is 1.27. The Morgan fingerprint density at radius 2 is 1.65 bits per heavy atom. The fourth-order valence-corrected chi connectivity index (χ4v) is 1.27. The van der Waals surface area contributed by atoms with Crippen molar-refractivity contribution >= 4 is 23.3 Å². The van der Waals surface area contributed by atoms with Gasteiger partial charge in [0, 0.05) is 17.4 Å². The van der Waals surface area contributed by atoms with E-state index < -0.39 is 0 Å². The second-order valence-corrected chi connectivity index (χ2v) is 4.12. The molecular formula is C13H18AlO3. The number of rotatable bonds is 4. The molecule has 0 saturated carbocycles. The van der Waals surface area contributed by atoms with Crippen LogP contribution < -0.4 is 4.74 Å². The van der Waals surface area contributed by atoms with E-state index in [-0.39, 0.29) is 35.5 Å². The van der Waals surface area contributed by atoms with Crippen molar-refractivity contribution in [2.45, 2.75) is 39.9 Å². The van der Waals surface area contributed by atoms with Gasteiger partial charge in [-0.3, -0.25) is 0 Å². The quantitative estimate of drug-likeness (QED) is 0.608. The zero-order chi connectivity index (χ0) is 12.1. The number of carbonyl (C=O) groups is 1. The maximum Gasteiger partial charge on any atom is 0.342 e. The van der Waals surface area contributed by atoms with Crippen LogP contribution in [0.15, 0.2) is 24.3 Å². The van der Waals surface area contributed by atoms with Crippen molar-refractivity contribution in [1.82, 2.24) is 0 Å². The smallest absolute Gasteiger partial charge is 0.342 e. The van der Waals surface area contributed by atoms with Crippen molar-refractivity contribution < 1.29 is 14.3 Å². The van der Waals surface area contributed by atoms with E-state index in [0.29, 0.717) is 11.3 Å². The van der Waals surface area contributed by atoms with Crippen LogP contribution in [-0.4, -0.2) is 35.5 Å². The number of carbonyl (C=O) groups excluding carboxylic acids is 1. The van der Waals surface area contributed by atoms with Crippen molar-refractivity contribution in [2.75, 3.05) is 0 Å². The molecule has 0 heterocycles. The minimum absolute atomic E-state index is 0. The van der Waals surface area contributed by atoms with Gasteiger partial charge in [0.1, 0.15) is 11.3 Å². The molecule has 0 N–H and O–H groups in total. The molecule has 1 aromatic carbocycles. The molecule has 0 saturated heterocycles. The lowest BCUT2D eigenvalue weighted by Gasteiger charge is -2.14. The lowest BCUT2D eigenvalue weighted by Crippen LogP contribution is -2.14. The van der Waals surface area contributed by atoms with Crippen LogP contribution in [-0.2, 0) is 4.74 Å². The average molecular weight is 249 g/mol. The third-order valence-corrected chi connectivity index (χ3v) is 1.81. The van der Waals surface area contributed by atoms with E-state index in [1.54, 1.807) is 18.2 Å². The second kappa shape index (κ2) is 7.37. The van der Waals surface area contributed by atoms with Crippen LogP contribution in [0.5, 0.6) is 5.75 Å². The molecule has 3 radical (unpaired) electrons. The van der Waals surface area contributed by atoms with Crippen molar-refractivity contribution in [3.63, 3.8) is 0 Å². The van der Waals surface area contributed by atoms with Crippen molar-refractivity contribution in [2.24, 2.45) is 0 Å². The SMILES string of the molecule is CC(C)OC(=O)c1ccccc1OC(C)C.[Al]. The summed E-state index contributed by atoms with van der Waals surface area (Å²) >= 11 is 0. The third-order valence-electron chi connectivity index (χ3n) is 1.81. The molecule has 0 unspecified atom stereocenters. The second-order valence-electron chi connectivity index (χ2n) is 4.12. The topological polar surface area (TPSA) is 35.5 Å². The number of benzene rings is 1. The highest BCUT2D eigenvalue weighted by atomic mass is 27.0. The molecule has 17 heavy (non-hydrogen) atoms. The first-order valence-corrected chi connectivity index (χ1v) is 5.47. The van der Waals surface area contributed by atoms with Gasteiger partial charge in [-0.05, 0) is 39.8 Å². The molecule has 0 spiro atoms. The number of hydrogen-bond donors (Lipinski definition) is 0. The van der Waals surface area contributed by atoms with Crippen molar-refractivity contribution in [3.05, 3.63) is 29.8 Å². The summed E-state index contributed by atoms with van der Waals surface area (Å²) in [5.41, 5.74) is 0.477. The molecule has 0 fully saturated rings. The number of ether oxygens (including phenoxy) is 2. The largest absolute Gasteiger partial charge is 0.490 e. The first kappa shape index (κ1) is 16.0. The summed E-state index contributed by atoms with van der Waals surface area (Å²) in [6, 6.07) is 7.12. The molecule has 4 heteroatoms. The lowest BCUT2D eigenvalue weighted by atomic mass is 10.2. The predicted octanol–water partition coefficient (Wildman–Crippen LogP) is 2.66. The number of para-hydroxylation sites is 1. The van der Waals surface area contributed by atoms with Gasteiger partial charge in [0.15, 0.2) is 0 Å². The van der Waals surface area contributed by atoms with Crippen LogP contribution in [0.4, 0.5) is 0 Å². The maximum absolute atomic E-state index is 11.8. The Balaban J connectivity index is 0.00000256. The summed E-state index contributed by atoms with van der Waals surface area (Å²) in [7, 11) is 0. The summed E-state index contributed by atoms with van der Waals surface area (Å²) in [4.78, 5) is 11.8. The van der Waals surface area contributed by atoms with Gasteiger partial charge in [-0.15, -0.1) is 0 Å². The molecule has 0 aliphatic heterocycles. The van der Waals surface area contributed by atoms with E-state index in [1.165, 1.54) is 0 Å². The van der Waals surface area contributed by atoms with E-state index >= 15 is 0 Å². The van der Waals surface area contributed by atoms with Crippen molar-refractivity contribution in [1.29, 1.82) is 0 Å². The van der Waals surface area contributed by atoms with Gasteiger partial charge < -0.3 is 9.47 Å². The fraction of sp³-hybridized carbons (Fsp3) is 0.462. The predicted molar refractivity (Wildman–Crippen MR) is 68.5 cm³/mol. The van der Waals surface area contributed by atoms with Crippen molar-refractivity contribution in [3.8, 4) is 5.75 Å². The Bertz CT molecular complexity index is 361. The minimum atomic E-state index is -0.341. The summed E-state index contributed by atoms with van der Waals surface area (Å²) in [6.07, 6.45) is -0.0902. The summed E-state index contributed by atoms with van der Waals surface area (Å²) in [6.45, 7) is 7.49. The summed E-state index contributed by atoms with van der Waals surface area (Å²) < 4.78 is 10.7. The van der Waals surface area contributed by atoms with Gasteiger partial charge in [-0.2, -0.15) is 0 Å². The van der Waals surface area contributed by atoms with Crippen LogP contribution in [0.25, 0.3) is 0 Å². The average Bonchev–Trinajstić information content (AvgIpc) is 2.16. The highest BCUT2D eigenvalue weighted by molar-refractivity contribution is 5.92. The Kier molecular flexibility index (Phi) is 6.94. The number of hydrogen-bond acceptors (Lipinski definition) is 3. The lowest BCUT2D eigenvalue weighted by molar-refractivity contribution is 0.0372.